The Kier molecular flexibility index (Phi) is 15.2. The summed E-state index contributed by atoms with van der Waals surface area (Å²) in [6.45, 7) is 5.82. The van der Waals surface area contributed by atoms with Gasteiger partial charge in [0.05, 0.1) is 37.8 Å². The number of rotatable bonds is 20. The summed E-state index contributed by atoms with van der Waals surface area (Å²) < 4.78 is 31.8. The van der Waals surface area contributed by atoms with Crippen molar-refractivity contribution < 1.29 is 67.5 Å². The van der Waals surface area contributed by atoms with Crippen molar-refractivity contribution in [3.05, 3.63) is 82.9 Å². The third-order valence-electron chi connectivity index (χ3n) is 7.47. The fourth-order valence-corrected chi connectivity index (χ4v) is 5.09. The van der Waals surface area contributed by atoms with Crippen LogP contribution in [0.1, 0.15) is 58.5 Å². The first-order chi connectivity index (χ1) is 24.4. The smallest absolute Gasteiger partial charge is 0.338 e. The molecule has 0 saturated carbocycles. The lowest BCUT2D eigenvalue weighted by molar-refractivity contribution is -0.330. The molecule has 0 aromatic heterocycles. The van der Waals surface area contributed by atoms with Gasteiger partial charge in [-0.25, -0.2) is 24.3 Å². The van der Waals surface area contributed by atoms with E-state index < -0.39 is 36.2 Å². The molecule has 2 aliphatic rings. The van der Waals surface area contributed by atoms with Crippen molar-refractivity contribution in [3.63, 3.8) is 0 Å². The first-order valence-electron chi connectivity index (χ1n) is 15.7. The summed E-state index contributed by atoms with van der Waals surface area (Å²) in [6.07, 6.45) is 1.16. The van der Waals surface area contributed by atoms with Gasteiger partial charge in [-0.1, -0.05) is 30.8 Å². The molecule has 0 radical (unpaired) electrons. The maximum absolute atomic E-state index is 12.8. The predicted molar refractivity (Wildman–Crippen MR) is 172 cm³/mol. The van der Waals surface area contributed by atoms with Crippen LogP contribution < -0.4 is 0 Å². The van der Waals surface area contributed by atoms with Gasteiger partial charge >= 0.3 is 17.9 Å². The van der Waals surface area contributed by atoms with Gasteiger partial charge in [0.25, 0.3) is 6.47 Å². The van der Waals surface area contributed by atoms with Gasteiger partial charge in [-0.3, -0.25) is 14.8 Å². The van der Waals surface area contributed by atoms with Gasteiger partial charge in [-0.15, -0.1) is 0 Å². The molecule has 50 heavy (non-hydrogen) atoms. The van der Waals surface area contributed by atoms with Gasteiger partial charge < -0.3 is 28.4 Å². The zero-order chi connectivity index (χ0) is 35.7. The molecule has 2 aliphatic heterocycles. The molecule has 2 heterocycles. The van der Waals surface area contributed by atoms with Crippen molar-refractivity contribution in [2.75, 3.05) is 33.0 Å². The molecule has 0 spiro atoms. The Hall–Kier alpha value is -4.84. The van der Waals surface area contributed by atoms with E-state index in [1.54, 1.807) is 42.5 Å². The molecule has 5 atom stereocenters. The molecule has 2 saturated heterocycles. The molecular weight excluding hydrogens is 660 g/mol. The zero-order valence-electron chi connectivity index (χ0n) is 27.3. The normalized spacial score (nSPS) is 20.4. The highest BCUT2D eigenvalue weighted by Gasteiger charge is 2.50. The van der Waals surface area contributed by atoms with Crippen LogP contribution in [0.25, 0.3) is 0 Å². The average Bonchev–Trinajstić information content (AvgIpc) is 3.73. The Labute approximate surface area is 287 Å². The standard InChI is InChI=1S/C34H38N2O14/c1-3-30(38)43-13-14-44-31(39)12-11-27(49-41)26-10-7-23(15-25(26)18-42-21-37)17-36-35-16-22-5-8-24(9-6-22)34(40)48-28-19-45-33-29(50-47-4-2)20-46-32(28)33/h3,5-10,15-17,21,27-29,32-33,41H,1,4,11-14,18-20H2,2H3/b35-16+,36-17+/t27?,28?,29-,32-,33-/m1/s1. The highest BCUT2D eigenvalue weighted by Crippen LogP contribution is 2.31. The van der Waals surface area contributed by atoms with Crippen LogP contribution in [0, 0.1) is 0 Å². The second kappa shape index (κ2) is 20.0. The van der Waals surface area contributed by atoms with Crippen molar-refractivity contribution in [2.45, 2.75) is 56.9 Å². The number of esters is 3. The SMILES string of the molecule is C=CC(=O)OCCOC(=O)CCC(OO)c1ccc(/C=N/N=C/c2ccc(C(=O)OC3CO[C@H]4[C@@H]3OC[C@H]4OOCC)cc2)cc1COC=O. The number of nitrogens with zero attached hydrogens (tertiary/aromatic N) is 2. The lowest BCUT2D eigenvalue weighted by Crippen LogP contribution is -2.35. The molecule has 2 fully saturated rings. The van der Waals surface area contributed by atoms with Gasteiger partial charge in [0.1, 0.15) is 44.2 Å². The molecule has 16 nitrogen and oxygen atoms in total. The summed E-state index contributed by atoms with van der Waals surface area (Å²) in [7, 11) is 0. The topological polar surface area (TPSA) is 196 Å². The fraction of sp³-hybridized carbons (Fsp3) is 0.412. The van der Waals surface area contributed by atoms with Gasteiger partial charge in [0.15, 0.2) is 6.10 Å². The zero-order valence-corrected chi connectivity index (χ0v) is 27.3. The van der Waals surface area contributed by atoms with E-state index in [1.165, 1.54) is 12.4 Å². The summed E-state index contributed by atoms with van der Waals surface area (Å²) in [4.78, 5) is 61.7. The number of fused-ring (bicyclic) bond motifs is 1. The van der Waals surface area contributed by atoms with Gasteiger partial charge in [-0.2, -0.15) is 10.2 Å². The van der Waals surface area contributed by atoms with Crippen LogP contribution in [0.4, 0.5) is 0 Å². The van der Waals surface area contributed by atoms with Crippen LogP contribution in [0.5, 0.6) is 0 Å². The molecule has 268 valence electrons. The van der Waals surface area contributed by atoms with E-state index in [4.69, 9.17) is 38.2 Å². The largest absolute Gasteiger partial charge is 0.463 e. The lowest BCUT2D eigenvalue weighted by atomic mass is 9.97. The van der Waals surface area contributed by atoms with Crippen molar-refractivity contribution in [3.8, 4) is 0 Å². The second-order valence-electron chi connectivity index (χ2n) is 10.8. The third-order valence-corrected chi connectivity index (χ3v) is 7.47. The van der Waals surface area contributed by atoms with E-state index in [1.807, 2.05) is 6.92 Å². The quantitative estimate of drug-likeness (QED) is 0.0310. The van der Waals surface area contributed by atoms with Gasteiger partial charge in [0.2, 0.25) is 0 Å². The molecule has 16 heteroatoms. The number of benzene rings is 2. The summed E-state index contributed by atoms with van der Waals surface area (Å²) in [5.74, 6) is -1.75. The van der Waals surface area contributed by atoms with E-state index >= 15 is 0 Å². The third kappa shape index (κ3) is 11.1. The summed E-state index contributed by atoms with van der Waals surface area (Å²) in [5, 5.41) is 17.7. The van der Waals surface area contributed by atoms with Crippen LogP contribution in [-0.2, 0) is 64.1 Å². The van der Waals surface area contributed by atoms with Crippen LogP contribution in [-0.4, -0.2) is 99.5 Å². The highest BCUT2D eigenvalue weighted by molar-refractivity contribution is 5.91. The average molecular weight is 699 g/mol. The Morgan fingerprint density at radius 1 is 0.980 bits per heavy atom. The lowest BCUT2D eigenvalue weighted by Gasteiger charge is -2.17. The maximum Gasteiger partial charge on any atom is 0.338 e. The van der Waals surface area contributed by atoms with Crippen molar-refractivity contribution in [1.82, 2.24) is 0 Å². The summed E-state index contributed by atoms with van der Waals surface area (Å²) in [5.41, 5.74) is 2.57. The minimum absolute atomic E-state index is 0.0410. The van der Waals surface area contributed by atoms with Gasteiger partial charge in [0, 0.05) is 12.5 Å². The predicted octanol–water partition coefficient (Wildman–Crippen LogP) is 3.06. The molecule has 0 bridgehead atoms. The Bertz CT molecular complexity index is 1510. The van der Waals surface area contributed by atoms with E-state index in [0.717, 1.165) is 6.08 Å². The number of carbonyl (C=O) groups is 4. The van der Waals surface area contributed by atoms with Crippen molar-refractivity contribution in [2.24, 2.45) is 10.2 Å². The minimum atomic E-state index is -0.942. The van der Waals surface area contributed by atoms with Gasteiger partial charge in [-0.05, 0) is 53.8 Å². The number of hydrogen-bond donors (Lipinski definition) is 1. The van der Waals surface area contributed by atoms with Crippen molar-refractivity contribution >= 4 is 36.8 Å². The van der Waals surface area contributed by atoms with E-state index in [0.29, 0.717) is 34.4 Å². The first kappa shape index (κ1) is 38.0. The molecule has 0 aliphatic carbocycles. The summed E-state index contributed by atoms with van der Waals surface area (Å²) >= 11 is 0. The monoisotopic (exact) mass is 698 g/mol. The Balaban J connectivity index is 1.28. The first-order valence-corrected chi connectivity index (χ1v) is 15.7. The van der Waals surface area contributed by atoms with E-state index in [9.17, 15) is 24.4 Å². The summed E-state index contributed by atoms with van der Waals surface area (Å²) in [6, 6.07) is 11.6. The highest BCUT2D eigenvalue weighted by atomic mass is 17.2. The van der Waals surface area contributed by atoms with E-state index in [2.05, 4.69) is 21.7 Å². The maximum atomic E-state index is 12.8. The number of ether oxygens (including phenoxy) is 6. The second-order valence-corrected chi connectivity index (χ2v) is 10.8. The number of hydrogen-bond acceptors (Lipinski definition) is 16. The minimum Gasteiger partial charge on any atom is -0.463 e. The van der Waals surface area contributed by atoms with Crippen LogP contribution in [0.2, 0.25) is 0 Å². The molecule has 2 aromatic rings. The Morgan fingerprint density at radius 2 is 1.66 bits per heavy atom. The van der Waals surface area contributed by atoms with Crippen LogP contribution in [0.3, 0.4) is 0 Å². The Morgan fingerprint density at radius 3 is 2.36 bits per heavy atom. The van der Waals surface area contributed by atoms with Crippen molar-refractivity contribution in [1.29, 1.82) is 0 Å². The molecule has 4 rings (SSSR count). The molecule has 1 N–H and O–H groups in total. The molecule has 2 aromatic carbocycles. The van der Waals surface area contributed by atoms with Crippen LogP contribution >= 0.6 is 0 Å². The molecule has 0 amide bonds. The van der Waals surface area contributed by atoms with Crippen LogP contribution in [0.15, 0.2) is 65.3 Å². The fourth-order valence-electron chi connectivity index (χ4n) is 5.09. The van der Waals surface area contributed by atoms with E-state index in [-0.39, 0.29) is 64.6 Å². The molecular formula is C34H38N2O14. The number of carbonyl (C=O) groups excluding carboxylic acids is 4. The molecule has 2 unspecified atom stereocenters.